The number of carbonyl (C=O) groups excluding carboxylic acids is 2. The van der Waals surface area contributed by atoms with Crippen LogP contribution < -0.4 is 14.2 Å². The second kappa shape index (κ2) is 11.8. The average Bonchev–Trinajstić information content (AvgIpc) is 3.11. The van der Waals surface area contributed by atoms with Gasteiger partial charge >= 0.3 is 6.03 Å². The number of carbonyl (C=O) groups is 2. The van der Waals surface area contributed by atoms with Crippen LogP contribution in [0.2, 0.25) is 0 Å². The van der Waals surface area contributed by atoms with Crippen molar-refractivity contribution in [1.29, 1.82) is 0 Å². The lowest BCUT2D eigenvalue weighted by Gasteiger charge is -2.42. The van der Waals surface area contributed by atoms with E-state index < -0.39 is 5.54 Å². The molecule has 3 amide bonds. The van der Waals surface area contributed by atoms with Gasteiger partial charge in [0.1, 0.15) is 22.8 Å². The van der Waals surface area contributed by atoms with E-state index in [1.54, 1.807) is 33.3 Å². The Bertz CT molecular complexity index is 1080. The number of piperidine rings is 1. The Labute approximate surface area is 218 Å². The molecule has 2 aliphatic rings. The number of rotatable bonds is 11. The van der Waals surface area contributed by atoms with E-state index in [0.29, 0.717) is 57.8 Å². The summed E-state index contributed by atoms with van der Waals surface area (Å²) in [6.45, 7) is 3.36. The Balaban J connectivity index is 1.51. The van der Waals surface area contributed by atoms with Crippen molar-refractivity contribution in [1.82, 2.24) is 14.7 Å². The van der Waals surface area contributed by atoms with Gasteiger partial charge in [-0.05, 0) is 54.7 Å². The Morgan fingerprint density at radius 1 is 0.811 bits per heavy atom. The van der Waals surface area contributed by atoms with E-state index in [4.69, 9.17) is 18.9 Å². The Morgan fingerprint density at radius 2 is 1.46 bits per heavy atom. The lowest BCUT2D eigenvalue weighted by atomic mass is 9.85. The molecule has 9 heteroatoms. The molecule has 2 aliphatic heterocycles. The van der Waals surface area contributed by atoms with Crippen LogP contribution in [0, 0.1) is 0 Å². The number of methoxy groups -OCH3 is 4. The smallest absolute Gasteiger partial charge is 0.327 e. The van der Waals surface area contributed by atoms with Gasteiger partial charge in [-0.25, -0.2) is 4.79 Å². The van der Waals surface area contributed by atoms with Gasteiger partial charge in [-0.1, -0.05) is 12.1 Å². The molecule has 2 aromatic carbocycles. The van der Waals surface area contributed by atoms with E-state index in [2.05, 4.69) is 4.90 Å². The fourth-order valence-electron chi connectivity index (χ4n) is 5.33. The fraction of sp³-hybridized carbons (Fsp3) is 0.500. The summed E-state index contributed by atoms with van der Waals surface area (Å²) in [5, 5.41) is 0. The van der Waals surface area contributed by atoms with Crippen LogP contribution in [0.15, 0.2) is 42.5 Å². The van der Waals surface area contributed by atoms with E-state index in [-0.39, 0.29) is 18.5 Å². The van der Waals surface area contributed by atoms with Crippen molar-refractivity contribution >= 4 is 11.9 Å². The molecule has 2 heterocycles. The third-order valence-corrected chi connectivity index (χ3v) is 7.33. The molecular weight excluding hydrogens is 474 g/mol. The number of hydrogen-bond acceptors (Lipinski definition) is 7. The molecule has 37 heavy (non-hydrogen) atoms. The summed E-state index contributed by atoms with van der Waals surface area (Å²) in [5.74, 6) is 2.08. The van der Waals surface area contributed by atoms with E-state index in [1.165, 1.54) is 4.90 Å². The first kappa shape index (κ1) is 26.8. The standard InChI is InChI=1S/C28H37N3O6/c1-34-14-6-11-31-27(33)30(20-21-7-5-8-23(15-21)35-2)26(32)28(31)9-12-29(13-10-28)19-22-16-24(36-3)18-25(17-22)37-4/h5,7-8,15-18H,6,9-14,19-20H2,1-4H3. The number of hydrogen-bond donors (Lipinski definition) is 0. The largest absolute Gasteiger partial charge is 0.497 e. The van der Waals surface area contributed by atoms with Crippen molar-refractivity contribution in [2.75, 3.05) is 54.7 Å². The van der Waals surface area contributed by atoms with Gasteiger partial charge in [-0.2, -0.15) is 0 Å². The van der Waals surface area contributed by atoms with Gasteiger partial charge in [-0.3, -0.25) is 14.6 Å². The topological polar surface area (TPSA) is 80.8 Å². The van der Waals surface area contributed by atoms with Gasteiger partial charge in [0.25, 0.3) is 5.91 Å². The SMILES string of the molecule is COCCCN1C(=O)N(Cc2cccc(OC)c2)C(=O)C12CCN(Cc1cc(OC)cc(OC)c1)CC2. The Hall–Kier alpha value is -3.30. The lowest BCUT2D eigenvalue weighted by Crippen LogP contribution is -2.56. The number of likely N-dealkylation sites (tertiary alicyclic amines) is 1. The molecule has 1 spiro atoms. The summed E-state index contributed by atoms with van der Waals surface area (Å²) in [4.78, 5) is 33.0. The summed E-state index contributed by atoms with van der Waals surface area (Å²) < 4.78 is 21.4. The van der Waals surface area contributed by atoms with Crippen molar-refractivity contribution in [3.05, 3.63) is 53.6 Å². The van der Waals surface area contributed by atoms with Crippen molar-refractivity contribution < 1.29 is 28.5 Å². The van der Waals surface area contributed by atoms with Gasteiger partial charge in [0.05, 0.1) is 27.9 Å². The van der Waals surface area contributed by atoms with Crippen LogP contribution >= 0.6 is 0 Å². The molecule has 2 aromatic rings. The van der Waals surface area contributed by atoms with Crippen LogP contribution in [-0.2, 0) is 22.6 Å². The summed E-state index contributed by atoms with van der Waals surface area (Å²) in [5.41, 5.74) is 1.11. The minimum atomic E-state index is -0.827. The third-order valence-electron chi connectivity index (χ3n) is 7.33. The van der Waals surface area contributed by atoms with Crippen LogP contribution in [0.1, 0.15) is 30.4 Å². The molecule has 200 valence electrons. The zero-order valence-corrected chi connectivity index (χ0v) is 22.2. The molecule has 9 nitrogen and oxygen atoms in total. The minimum absolute atomic E-state index is 0.111. The van der Waals surface area contributed by atoms with Crippen LogP contribution in [0.25, 0.3) is 0 Å². The maximum absolute atomic E-state index is 13.9. The number of nitrogens with zero attached hydrogens (tertiary/aromatic N) is 3. The molecule has 0 N–H and O–H groups in total. The quantitative estimate of drug-likeness (QED) is 0.337. The molecule has 0 saturated carbocycles. The lowest BCUT2D eigenvalue weighted by molar-refractivity contribution is -0.136. The molecule has 0 unspecified atom stereocenters. The van der Waals surface area contributed by atoms with Gasteiger partial charge in [-0.15, -0.1) is 0 Å². The fourth-order valence-corrected chi connectivity index (χ4v) is 5.33. The minimum Gasteiger partial charge on any atom is -0.497 e. The number of urea groups is 1. The van der Waals surface area contributed by atoms with Crippen LogP contribution in [0.3, 0.4) is 0 Å². The molecule has 0 bridgehead atoms. The highest BCUT2D eigenvalue weighted by atomic mass is 16.5. The van der Waals surface area contributed by atoms with Gasteiger partial charge < -0.3 is 23.8 Å². The molecular formula is C28H37N3O6. The van der Waals surface area contributed by atoms with E-state index in [1.807, 2.05) is 42.5 Å². The van der Waals surface area contributed by atoms with E-state index in [9.17, 15) is 9.59 Å². The summed E-state index contributed by atoms with van der Waals surface area (Å²) in [7, 11) is 6.53. The summed E-state index contributed by atoms with van der Waals surface area (Å²) >= 11 is 0. The maximum Gasteiger partial charge on any atom is 0.327 e. The second-order valence-corrected chi connectivity index (χ2v) is 9.55. The van der Waals surface area contributed by atoms with Crippen molar-refractivity contribution in [2.45, 2.75) is 37.9 Å². The zero-order chi connectivity index (χ0) is 26.4. The molecule has 2 fully saturated rings. The van der Waals surface area contributed by atoms with Crippen molar-refractivity contribution in [3.63, 3.8) is 0 Å². The van der Waals surface area contributed by atoms with E-state index in [0.717, 1.165) is 22.6 Å². The zero-order valence-electron chi connectivity index (χ0n) is 22.2. The summed E-state index contributed by atoms with van der Waals surface area (Å²) in [6.07, 6.45) is 1.85. The highest BCUT2D eigenvalue weighted by Gasteiger charge is 2.57. The van der Waals surface area contributed by atoms with Gasteiger partial charge in [0, 0.05) is 46.0 Å². The Morgan fingerprint density at radius 3 is 2.08 bits per heavy atom. The third kappa shape index (κ3) is 5.67. The highest BCUT2D eigenvalue weighted by molar-refractivity contribution is 6.07. The average molecular weight is 512 g/mol. The number of imide groups is 1. The second-order valence-electron chi connectivity index (χ2n) is 9.55. The van der Waals surface area contributed by atoms with E-state index >= 15 is 0 Å². The van der Waals surface area contributed by atoms with Crippen molar-refractivity contribution in [3.8, 4) is 17.2 Å². The summed E-state index contributed by atoms with van der Waals surface area (Å²) in [6, 6.07) is 13.1. The molecule has 2 saturated heterocycles. The first-order valence-electron chi connectivity index (χ1n) is 12.6. The maximum atomic E-state index is 13.9. The predicted octanol–water partition coefficient (Wildman–Crippen LogP) is 3.55. The number of benzene rings is 2. The van der Waals surface area contributed by atoms with Gasteiger partial charge in [0.2, 0.25) is 0 Å². The first-order valence-corrected chi connectivity index (χ1v) is 12.6. The van der Waals surface area contributed by atoms with Crippen molar-refractivity contribution in [2.24, 2.45) is 0 Å². The monoisotopic (exact) mass is 511 g/mol. The molecule has 4 rings (SSSR count). The molecule has 0 radical (unpaired) electrons. The van der Waals surface area contributed by atoms with Crippen LogP contribution in [-0.4, -0.2) is 86.9 Å². The van der Waals surface area contributed by atoms with Crippen LogP contribution in [0.4, 0.5) is 4.79 Å². The highest BCUT2D eigenvalue weighted by Crippen LogP contribution is 2.39. The van der Waals surface area contributed by atoms with Crippen LogP contribution in [0.5, 0.6) is 17.2 Å². The first-order chi connectivity index (χ1) is 17.9. The number of ether oxygens (including phenoxy) is 4. The predicted molar refractivity (Wildman–Crippen MR) is 139 cm³/mol. The molecule has 0 aliphatic carbocycles. The normalized spacial score (nSPS) is 17.5. The number of amides is 3. The van der Waals surface area contributed by atoms with Gasteiger partial charge in [0.15, 0.2) is 0 Å². The Kier molecular flexibility index (Phi) is 8.56. The molecule has 0 aromatic heterocycles. The molecule has 0 atom stereocenters.